The molecule has 0 heterocycles. The molecular weight excluding hydrogens is 344 g/mol. The average Bonchev–Trinajstić information content (AvgIpc) is 2.74. The fourth-order valence-corrected chi connectivity index (χ4v) is 7.46. The Hall–Kier alpha value is -0.660. The first-order valence-electron chi connectivity index (χ1n) is 12.6. The van der Waals surface area contributed by atoms with Crippen LogP contribution in [0.1, 0.15) is 117 Å². The smallest absolute Gasteiger partial charge is 0.159 e. The SMILES string of the molecule is CCCCCC1CCC(C2CCC3(CC2)C(=O)C2(CCC(C)CC2)C3=O)CC1. The van der Waals surface area contributed by atoms with Crippen LogP contribution in [0, 0.1) is 34.5 Å². The van der Waals surface area contributed by atoms with E-state index in [2.05, 4.69) is 13.8 Å². The average molecular weight is 387 g/mol. The van der Waals surface area contributed by atoms with Gasteiger partial charge in [0.15, 0.2) is 11.6 Å². The maximum Gasteiger partial charge on any atom is 0.159 e. The zero-order chi connectivity index (χ0) is 19.8. The maximum atomic E-state index is 13.3. The van der Waals surface area contributed by atoms with Crippen molar-refractivity contribution in [2.45, 2.75) is 117 Å². The molecule has 0 N–H and O–H groups in total. The highest BCUT2D eigenvalue weighted by Crippen LogP contribution is 2.62. The highest BCUT2D eigenvalue weighted by atomic mass is 16.2. The third-order valence-electron chi connectivity index (χ3n) is 9.52. The van der Waals surface area contributed by atoms with Gasteiger partial charge in [-0.25, -0.2) is 0 Å². The Morgan fingerprint density at radius 2 is 1.21 bits per heavy atom. The standard InChI is InChI=1S/C26H42O2/c1-3-4-5-6-20-7-9-21(10-8-20)22-13-17-26(18-14-22)23(27)25(24(26)28)15-11-19(2)12-16-25/h19-22H,3-18H2,1-2H3. The van der Waals surface area contributed by atoms with Gasteiger partial charge in [0.25, 0.3) is 0 Å². The Morgan fingerprint density at radius 1 is 0.714 bits per heavy atom. The monoisotopic (exact) mass is 386 g/mol. The summed E-state index contributed by atoms with van der Waals surface area (Å²) in [5.41, 5.74) is -1.07. The van der Waals surface area contributed by atoms with Crippen LogP contribution in [0.2, 0.25) is 0 Å². The summed E-state index contributed by atoms with van der Waals surface area (Å²) in [6.45, 7) is 4.56. The molecule has 4 aliphatic rings. The van der Waals surface area contributed by atoms with Crippen molar-refractivity contribution in [3.8, 4) is 0 Å². The number of carbonyl (C=O) groups is 2. The molecule has 0 unspecified atom stereocenters. The zero-order valence-corrected chi connectivity index (χ0v) is 18.4. The largest absolute Gasteiger partial charge is 0.297 e. The quantitative estimate of drug-likeness (QED) is 0.380. The topological polar surface area (TPSA) is 34.1 Å². The number of unbranched alkanes of at least 4 members (excludes halogenated alkanes) is 2. The molecule has 4 fully saturated rings. The van der Waals surface area contributed by atoms with Crippen molar-refractivity contribution in [1.29, 1.82) is 0 Å². The molecule has 0 aromatic heterocycles. The van der Waals surface area contributed by atoms with E-state index in [0.29, 0.717) is 17.5 Å². The first kappa shape index (κ1) is 20.6. The van der Waals surface area contributed by atoms with Gasteiger partial charge in [-0.2, -0.15) is 0 Å². The Labute approximate surface area is 172 Å². The zero-order valence-electron chi connectivity index (χ0n) is 18.4. The summed E-state index contributed by atoms with van der Waals surface area (Å²) in [6.07, 6.45) is 19.1. The van der Waals surface area contributed by atoms with Crippen LogP contribution in [0.15, 0.2) is 0 Å². The van der Waals surface area contributed by atoms with Crippen molar-refractivity contribution >= 4 is 11.6 Å². The molecule has 4 aliphatic carbocycles. The molecule has 0 aromatic carbocycles. The van der Waals surface area contributed by atoms with Gasteiger partial charge in [-0.3, -0.25) is 9.59 Å². The molecular formula is C26H42O2. The van der Waals surface area contributed by atoms with Gasteiger partial charge in [-0.1, -0.05) is 52.4 Å². The second kappa shape index (κ2) is 8.23. The molecule has 0 aromatic rings. The molecule has 0 amide bonds. The van der Waals surface area contributed by atoms with Crippen LogP contribution in [0.3, 0.4) is 0 Å². The summed E-state index contributed by atoms with van der Waals surface area (Å²) in [7, 11) is 0. The van der Waals surface area contributed by atoms with Gasteiger partial charge in [0, 0.05) is 0 Å². The second-order valence-electron chi connectivity index (χ2n) is 11.1. The molecule has 0 saturated heterocycles. The van der Waals surface area contributed by atoms with E-state index in [4.69, 9.17) is 0 Å². The number of rotatable bonds is 5. The van der Waals surface area contributed by atoms with Gasteiger partial charge < -0.3 is 0 Å². The molecule has 28 heavy (non-hydrogen) atoms. The molecule has 158 valence electrons. The first-order chi connectivity index (χ1) is 13.5. The van der Waals surface area contributed by atoms with Crippen molar-refractivity contribution in [3.05, 3.63) is 0 Å². The molecule has 0 bridgehead atoms. The normalized spacial score (nSPS) is 44.1. The summed E-state index contributed by atoms with van der Waals surface area (Å²) in [4.78, 5) is 26.5. The van der Waals surface area contributed by atoms with Gasteiger partial charge in [0.05, 0.1) is 10.8 Å². The minimum absolute atomic E-state index is 0.370. The number of carbonyl (C=O) groups excluding carboxylic acids is 2. The number of Topliss-reactive ketones (excluding diaryl/α,β-unsaturated/α-hetero) is 2. The lowest BCUT2D eigenvalue weighted by Gasteiger charge is -2.57. The molecule has 4 saturated carbocycles. The van der Waals surface area contributed by atoms with Gasteiger partial charge in [0.2, 0.25) is 0 Å². The fraction of sp³-hybridized carbons (Fsp3) is 0.923. The molecule has 0 radical (unpaired) electrons. The van der Waals surface area contributed by atoms with E-state index < -0.39 is 10.8 Å². The van der Waals surface area contributed by atoms with Crippen molar-refractivity contribution in [1.82, 2.24) is 0 Å². The summed E-state index contributed by atoms with van der Waals surface area (Å²) < 4.78 is 0. The fourth-order valence-electron chi connectivity index (χ4n) is 7.46. The van der Waals surface area contributed by atoms with Crippen molar-refractivity contribution in [2.75, 3.05) is 0 Å². The van der Waals surface area contributed by atoms with Gasteiger partial charge >= 0.3 is 0 Å². The van der Waals surface area contributed by atoms with E-state index in [0.717, 1.165) is 69.1 Å². The summed E-state index contributed by atoms with van der Waals surface area (Å²) >= 11 is 0. The molecule has 0 aliphatic heterocycles. The summed E-state index contributed by atoms with van der Waals surface area (Å²) in [5, 5.41) is 0. The third kappa shape index (κ3) is 3.41. The van der Waals surface area contributed by atoms with Gasteiger partial charge in [0.1, 0.15) is 0 Å². The Balaban J connectivity index is 1.27. The first-order valence-corrected chi connectivity index (χ1v) is 12.6. The molecule has 2 nitrogen and oxygen atoms in total. The van der Waals surface area contributed by atoms with Gasteiger partial charge in [-0.15, -0.1) is 0 Å². The second-order valence-corrected chi connectivity index (χ2v) is 11.1. The van der Waals surface area contributed by atoms with Crippen LogP contribution in [0.5, 0.6) is 0 Å². The van der Waals surface area contributed by atoms with Crippen LogP contribution in [-0.4, -0.2) is 11.6 Å². The van der Waals surface area contributed by atoms with Crippen molar-refractivity contribution in [3.63, 3.8) is 0 Å². The third-order valence-corrected chi connectivity index (χ3v) is 9.52. The Kier molecular flexibility index (Phi) is 6.05. The predicted molar refractivity (Wildman–Crippen MR) is 114 cm³/mol. The lowest BCUT2D eigenvalue weighted by atomic mass is 9.42. The molecule has 4 rings (SSSR count). The number of hydrogen-bond donors (Lipinski definition) is 0. The predicted octanol–water partition coefficient (Wildman–Crippen LogP) is 6.90. The van der Waals surface area contributed by atoms with Gasteiger partial charge in [-0.05, 0) is 87.9 Å². The minimum atomic E-state index is -0.533. The summed E-state index contributed by atoms with van der Waals surface area (Å²) in [6, 6.07) is 0. The number of ketones is 2. The lowest BCUT2D eigenvalue weighted by Crippen LogP contribution is -2.68. The Bertz CT molecular complexity index is 547. The van der Waals surface area contributed by atoms with Crippen LogP contribution < -0.4 is 0 Å². The van der Waals surface area contributed by atoms with E-state index in [1.54, 1.807) is 0 Å². The van der Waals surface area contributed by atoms with E-state index in [-0.39, 0.29) is 0 Å². The van der Waals surface area contributed by atoms with Crippen molar-refractivity contribution < 1.29 is 9.59 Å². The molecule has 0 atom stereocenters. The maximum absolute atomic E-state index is 13.3. The highest BCUT2D eigenvalue weighted by Gasteiger charge is 2.70. The van der Waals surface area contributed by atoms with Crippen molar-refractivity contribution in [2.24, 2.45) is 34.5 Å². The van der Waals surface area contributed by atoms with Crippen LogP contribution >= 0.6 is 0 Å². The molecule has 2 spiro atoms. The minimum Gasteiger partial charge on any atom is -0.297 e. The van der Waals surface area contributed by atoms with Crippen LogP contribution in [-0.2, 0) is 9.59 Å². The van der Waals surface area contributed by atoms with E-state index in [1.165, 1.54) is 51.4 Å². The summed E-state index contributed by atoms with van der Waals surface area (Å²) in [5.74, 6) is 4.06. The number of hydrogen-bond acceptors (Lipinski definition) is 2. The Morgan fingerprint density at radius 3 is 1.75 bits per heavy atom. The highest BCUT2D eigenvalue weighted by molar-refractivity contribution is 6.30. The van der Waals surface area contributed by atoms with Crippen LogP contribution in [0.4, 0.5) is 0 Å². The van der Waals surface area contributed by atoms with E-state index in [1.807, 2.05) is 0 Å². The van der Waals surface area contributed by atoms with E-state index >= 15 is 0 Å². The molecule has 2 heteroatoms. The van der Waals surface area contributed by atoms with Crippen LogP contribution in [0.25, 0.3) is 0 Å². The lowest BCUT2D eigenvalue weighted by molar-refractivity contribution is -0.179. The van der Waals surface area contributed by atoms with E-state index in [9.17, 15) is 9.59 Å².